The Labute approximate surface area is 179 Å². The number of hydrogen-bond acceptors (Lipinski definition) is 7. The van der Waals surface area contributed by atoms with Crippen molar-refractivity contribution in [1.29, 1.82) is 5.26 Å². The monoisotopic (exact) mass is 417 g/mol. The molecule has 0 bridgehead atoms. The van der Waals surface area contributed by atoms with Crippen LogP contribution in [-0.2, 0) is 0 Å². The SMILES string of the molecule is N#CC1=CC=C(NCCNc2nc(-c3ccc(N)cc3Cl)nc3ccccc23)NC1. The highest BCUT2D eigenvalue weighted by molar-refractivity contribution is 6.33. The van der Waals surface area contributed by atoms with Gasteiger partial charge in [-0.2, -0.15) is 5.26 Å². The van der Waals surface area contributed by atoms with Crippen LogP contribution in [0.1, 0.15) is 0 Å². The molecule has 1 aliphatic rings. The molecular formula is C22H20ClN7. The summed E-state index contributed by atoms with van der Waals surface area (Å²) in [5.41, 5.74) is 8.67. The lowest BCUT2D eigenvalue weighted by Crippen LogP contribution is -2.32. The Balaban J connectivity index is 1.52. The second-order valence-corrected chi connectivity index (χ2v) is 7.15. The second-order valence-electron chi connectivity index (χ2n) is 6.74. The summed E-state index contributed by atoms with van der Waals surface area (Å²) in [4.78, 5) is 9.39. The molecule has 3 aromatic rings. The Kier molecular flexibility index (Phi) is 5.68. The molecule has 1 aliphatic heterocycles. The van der Waals surface area contributed by atoms with Gasteiger partial charge in [-0.05, 0) is 42.5 Å². The Morgan fingerprint density at radius 1 is 1.10 bits per heavy atom. The lowest BCUT2D eigenvalue weighted by molar-refractivity contribution is 0.711. The topological polar surface area (TPSA) is 112 Å². The molecule has 4 rings (SSSR count). The fourth-order valence-electron chi connectivity index (χ4n) is 3.11. The van der Waals surface area contributed by atoms with E-state index < -0.39 is 0 Å². The number of aromatic nitrogens is 2. The highest BCUT2D eigenvalue weighted by atomic mass is 35.5. The first-order valence-corrected chi connectivity index (χ1v) is 9.86. The zero-order valence-electron chi connectivity index (χ0n) is 16.1. The van der Waals surface area contributed by atoms with Crippen molar-refractivity contribution in [1.82, 2.24) is 20.6 Å². The third-order valence-corrected chi connectivity index (χ3v) is 4.95. The summed E-state index contributed by atoms with van der Waals surface area (Å²) in [6.45, 7) is 1.85. The smallest absolute Gasteiger partial charge is 0.163 e. The first-order chi connectivity index (χ1) is 14.6. The quantitative estimate of drug-likeness (QED) is 0.359. The van der Waals surface area contributed by atoms with Crippen LogP contribution < -0.4 is 21.7 Å². The minimum atomic E-state index is 0.512. The molecular weight excluding hydrogens is 398 g/mol. The number of rotatable bonds is 6. The van der Waals surface area contributed by atoms with Gasteiger partial charge < -0.3 is 21.7 Å². The van der Waals surface area contributed by atoms with E-state index in [9.17, 15) is 0 Å². The van der Waals surface area contributed by atoms with E-state index in [4.69, 9.17) is 27.6 Å². The van der Waals surface area contributed by atoms with Gasteiger partial charge in [-0.1, -0.05) is 23.7 Å². The van der Waals surface area contributed by atoms with Crippen LogP contribution >= 0.6 is 11.6 Å². The van der Waals surface area contributed by atoms with E-state index in [0.29, 0.717) is 41.7 Å². The molecule has 8 heteroatoms. The van der Waals surface area contributed by atoms with Gasteiger partial charge in [0, 0.05) is 35.3 Å². The summed E-state index contributed by atoms with van der Waals surface area (Å²) in [7, 11) is 0. The molecule has 7 nitrogen and oxygen atoms in total. The largest absolute Gasteiger partial charge is 0.399 e. The fraction of sp³-hybridized carbons (Fsp3) is 0.136. The molecule has 2 aromatic carbocycles. The standard InChI is InChI=1S/C22H20ClN7/c23-18-11-15(25)6-7-16(18)22-29-19-4-2-1-3-17(19)21(30-22)27-10-9-26-20-8-5-14(12-24)13-28-20/h1-8,11,26,28H,9-10,13,25H2,(H,27,29,30). The number of nitrogens with zero attached hydrogens (tertiary/aromatic N) is 3. The third-order valence-electron chi connectivity index (χ3n) is 4.63. The van der Waals surface area contributed by atoms with Crippen molar-refractivity contribution >= 4 is 34.0 Å². The van der Waals surface area contributed by atoms with E-state index in [1.54, 1.807) is 12.1 Å². The van der Waals surface area contributed by atoms with Crippen LogP contribution in [0.25, 0.3) is 22.3 Å². The van der Waals surface area contributed by atoms with Crippen molar-refractivity contribution in [2.45, 2.75) is 0 Å². The van der Waals surface area contributed by atoms with E-state index in [0.717, 1.165) is 28.1 Å². The molecule has 1 aromatic heterocycles. The van der Waals surface area contributed by atoms with Gasteiger partial charge in [0.05, 0.1) is 29.0 Å². The van der Waals surface area contributed by atoms with Crippen molar-refractivity contribution in [3.63, 3.8) is 0 Å². The first-order valence-electron chi connectivity index (χ1n) is 9.49. The van der Waals surface area contributed by atoms with Crippen molar-refractivity contribution < 1.29 is 0 Å². The summed E-state index contributed by atoms with van der Waals surface area (Å²) >= 11 is 6.37. The number of nitrogen functional groups attached to an aromatic ring is 1. The fourth-order valence-corrected chi connectivity index (χ4v) is 3.39. The van der Waals surface area contributed by atoms with Crippen LogP contribution in [0.4, 0.5) is 11.5 Å². The Bertz CT molecular complexity index is 1190. The Morgan fingerprint density at radius 3 is 2.70 bits per heavy atom. The maximum Gasteiger partial charge on any atom is 0.163 e. The zero-order chi connectivity index (χ0) is 20.9. The number of allylic oxidation sites excluding steroid dienone is 2. The molecule has 150 valence electrons. The minimum Gasteiger partial charge on any atom is -0.399 e. The number of nitrogens with two attached hydrogens (primary N) is 1. The van der Waals surface area contributed by atoms with Crippen molar-refractivity contribution in [2.75, 3.05) is 30.7 Å². The van der Waals surface area contributed by atoms with Gasteiger partial charge >= 0.3 is 0 Å². The number of dihydropyridines is 1. The summed E-state index contributed by atoms with van der Waals surface area (Å²) < 4.78 is 0. The molecule has 0 radical (unpaired) electrons. The third kappa shape index (κ3) is 4.29. The minimum absolute atomic E-state index is 0.512. The van der Waals surface area contributed by atoms with Crippen molar-refractivity contribution in [3.05, 3.63) is 71.0 Å². The molecule has 2 heterocycles. The second kappa shape index (κ2) is 8.72. The molecule has 5 N–H and O–H groups in total. The maximum absolute atomic E-state index is 8.89. The molecule has 0 saturated heterocycles. The van der Waals surface area contributed by atoms with Crippen LogP contribution in [0.15, 0.2) is 66.0 Å². The van der Waals surface area contributed by atoms with Gasteiger partial charge in [0.25, 0.3) is 0 Å². The summed E-state index contributed by atoms with van der Waals surface area (Å²) in [5, 5.41) is 20.2. The maximum atomic E-state index is 8.89. The van der Waals surface area contributed by atoms with Gasteiger partial charge in [-0.25, -0.2) is 9.97 Å². The normalized spacial score (nSPS) is 13.1. The number of hydrogen-bond donors (Lipinski definition) is 4. The number of nitrogens with one attached hydrogen (secondary N) is 3. The van der Waals surface area contributed by atoms with Crippen molar-refractivity contribution in [2.24, 2.45) is 0 Å². The van der Waals surface area contributed by atoms with E-state index in [1.165, 1.54) is 0 Å². The van der Waals surface area contributed by atoms with E-state index in [2.05, 4.69) is 27.0 Å². The predicted octanol–water partition coefficient (Wildman–Crippen LogP) is 3.43. The molecule has 0 spiro atoms. The summed E-state index contributed by atoms with van der Waals surface area (Å²) in [5.74, 6) is 2.17. The molecule has 30 heavy (non-hydrogen) atoms. The Hall–Kier alpha value is -3.76. The van der Waals surface area contributed by atoms with Crippen LogP contribution in [-0.4, -0.2) is 29.6 Å². The highest BCUT2D eigenvalue weighted by Gasteiger charge is 2.12. The lowest BCUT2D eigenvalue weighted by Gasteiger charge is -2.17. The van der Waals surface area contributed by atoms with Gasteiger partial charge in [0.2, 0.25) is 0 Å². The van der Waals surface area contributed by atoms with Crippen LogP contribution in [0, 0.1) is 11.3 Å². The number of halogens is 1. The first kappa shape index (κ1) is 19.6. The molecule has 0 fully saturated rings. The predicted molar refractivity (Wildman–Crippen MR) is 121 cm³/mol. The molecule has 0 aliphatic carbocycles. The molecule has 0 amide bonds. The number of nitriles is 1. The van der Waals surface area contributed by atoms with E-state index >= 15 is 0 Å². The highest BCUT2D eigenvalue weighted by Crippen LogP contribution is 2.30. The summed E-state index contributed by atoms with van der Waals surface area (Å²) in [6, 6.07) is 15.3. The molecule has 0 atom stereocenters. The van der Waals surface area contributed by atoms with Gasteiger partial charge in [0.1, 0.15) is 5.82 Å². The number of benzene rings is 2. The van der Waals surface area contributed by atoms with E-state index in [1.807, 2.05) is 42.5 Å². The number of para-hydroxylation sites is 1. The van der Waals surface area contributed by atoms with Gasteiger partial charge in [-0.15, -0.1) is 0 Å². The van der Waals surface area contributed by atoms with Crippen LogP contribution in [0.5, 0.6) is 0 Å². The van der Waals surface area contributed by atoms with E-state index in [-0.39, 0.29) is 0 Å². The average molecular weight is 418 g/mol. The molecule has 0 saturated carbocycles. The van der Waals surface area contributed by atoms with Gasteiger partial charge in [-0.3, -0.25) is 0 Å². The van der Waals surface area contributed by atoms with Crippen LogP contribution in [0.2, 0.25) is 5.02 Å². The van der Waals surface area contributed by atoms with Gasteiger partial charge in [0.15, 0.2) is 5.82 Å². The van der Waals surface area contributed by atoms with Crippen LogP contribution in [0.3, 0.4) is 0 Å². The average Bonchev–Trinajstić information content (AvgIpc) is 2.77. The van der Waals surface area contributed by atoms with Crippen molar-refractivity contribution in [3.8, 4) is 17.5 Å². The lowest BCUT2D eigenvalue weighted by atomic mass is 10.1. The molecule has 0 unspecified atom stereocenters. The summed E-state index contributed by atoms with van der Waals surface area (Å²) in [6.07, 6.45) is 3.68. The zero-order valence-corrected chi connectivity index (χ0v) is 16.9. The number of fused-ring (bicyclic) bond motifs is 1. The Morgan fingerprint density at radius 2 is 1.93 bits per heavy atom. The number of anilines is 2.